The van der Waals surface area contributed by atoms with Gasteiger partial charge in [0.15, 0.2) is 5.11 Å². The summed E-state index contributed by atoms with van der Waals surface area (Å²) in [4.78, 5) is 59.6. The van der Waals surface area contributed by atoms with E-state index in [2.05, 4.69) is 39.4 Å². The Balaban J connectivity index is 1.23. The second-order valence-corrected chi connectivity index (χ2v) is 12.3. The SMILES string of the molecule is CCOC(=O)c1ccc(NC(=O)CC2C(=O)N(c3ccc(C(=O)OCC)cc3)C(=S)N2CCCN2CCN(Cc3ccccc3)CC2)cc1. The molecule has 2 fully saturated rings. The standard InChI is InChI=1S/C37H43N5O6S/c1-3-47-35(45)28-11-15-30(16-12-28)38-33(43)25-32-34(44)42(31-17-13-29(14-18-31)36(46)48-4-2)37(49)41(32)20-8-19-39-21-23-40(24-22-39)26-27-9-6-5-7-10-27/h5-7,9-18,32H,3-4,8,19-26H2,1-2H3,(H,38,43). The Bertz CT molecular complexity index is 1610. The molecule has 2 amide bonds. The van der Waals surface area contributed by atoms with Crippen molar-refractivity contribution in [1.82, 2.24) is 14.7 Å². The van der Waals surface area contributed by atoms with Gasteiger partial charge in [0.2, 0.25) is 5.91 Å². The van der Waals surface area contributed by atoms with Crippen LogP contribution in [0.15, 0.2) is 78.9 Å². The van der Waals surface area contributed by atoms with E-state index < -0.39 is 18.0 Å². The summed E-state index contributed by atoms with van der Waals surface area (Å²) in [5, 5.41) is 3.16. The van der Waals surface area contributed by atoms with Crippen LogP contribution in [-0.2, 0) is 25.6 Å². The van der Waals surface area contributed by atoms with E-state index in [1.807, 2.05) is 11.0 Å². The Morgan fingerprint density at radius 2 is 1.35 bits per heavy atom. The molecule has 2 aliphatic rings. The van der Waals surface area contributed by atoms with Crippen molar-refractivity contribution in [2.45, 2.75) is 39.3 Å². The van der Waals surface area contributed by atoms with Crippen molar-refractivity contribution >= 4 is 52.5 Å². The number of amides is 2. The Kier molecular flexibility index (Phi) is 12.5. The highest BCUT2D eigenvalue weighted by molar-refractivity contribution is 7.80. The molecular weight excluding hydrogens is 643 g/mol. The van der Waals surface area contributed by atoms with E-state index in [0.717, 1.165) is 45.7 Å². The summed E-state index contributed by atoms with van der Waals surface area (Å²) >= 11 is 5.86. The number of carbonyl (C=O) groups excluding carboxylic acids is 4. The number of rotatable bonds is 14. The Morgan fingerprint density at radius 1 is 0.776 bits per heavy atom. The van der Waals surface area contributed by atoms with Gasteiger partial charge in [-0.25, -0.2) is 9.59 Å². The fourth-order valence-electron chi connectivity index (χ4n) is 6.06. The van der Waals surface area contributed by atoms with E-state index in [9.17, 15) is 19.2 Å². The quantitative estimate of drug-likeness (QED) is 0.191. The maximum atomic E-state index is 13.9. The lowest BCUT2D eigenvalue weighted by atomic mass is 10.1. The number of nitrogens with one attached hydrogen (secondary N) is 1. The number of carbonyl (C=O) groups is 4. The minimum atomic E-state index is -0.807. The largest absolute Gasteiger partial charge is 0.462 e. The van der Waals surface area contributed by atoms with Crippen LogP contribution in [-0.4, -0.2) is 102 Å². The van der Waals surface area contributed by atoms with Crippen molar-refractivity contribution < 1.29 is 28.7 Å². The van der Waals surface area contributed by atoms with Crippen LogP contribution in [0.4, 0.5) is 11.4 Å². The smallest absolute Gasteiger partial charge is 0.338 e. The van der Waals surface area contributed by atoms with Gasteiger partial charge >= 0.3 is 11.9 Å². The van der Waals surface area contributed by atoms with Crippen LogP contribution in [0.1, 0.15) is 53.0 Å². The van der Waals surface area contributed by atoms with Gasteiger partial charge in [0, 0.05) is 45.0 Å². The predicted octanol–water partition coefficient (Wildman–Crippen LogP) is 4.58. The highest BCUT2D eigenvalue weighted by Gasteiger charge is 2.44. The molecular formula is C37H43N5O6S. The molecule has 12 heteroatoms. The maximum absolute atomic E-state index is 13.9. The molecule has 0 bridgehead atoms. The molecule has 3 aromatic carbocycles. The molecule has 1 atom stereocenters. The van der Waals surface area contributed by atoms with Crippen molar-refractivity contribution in [3.05, 3.63) is 95.6 Å². The molecule has 1 N–H and O–H groups in total. The summed E-state index contributed by atoms with van der Waals surface area (Å²) in [7, 11) is 0. The van der Waals surface area contributed by atoms with Crippen LogP contribution >= 0.6 is 12.2 Å². The molecule has 0 saturated carbocycles. The minimum Gasteiger partial charge on any atom is -0.462 e. The number of benzene rings is 3. The third kappa shape index (κ3) is 9.28. The number of piperazine rings is 1. The molecule has 258 valence electrons. The second-order valence-electron chi connectivity index (χ2n) is 11.9. The van der Waals surface area contributed by atoms with Gasteiger partial charge in [-0.3, -0.25) is 19.4 Å². The first-order valence-corrected chi connectivity index (χ1v) is 17.2. The van der Waals surface area contributed by atoms with Crippen LogP contribution in [0.3, 0.4) is 0 Å². The van der Waals surface area contributed by atoms with E-state index in [1.165, 1.54) is 10.5 Å². The number of esters is 2. The van der Waals surface area contributed by atoms with E-state index >= 15 is 0 Å². The lowest BCUT2D eigenvalue weighted by molar-refractivity contribution is -0.124. The zero-order chi connectivity index (χ0) is 34.8. The third-order valence-electron chi connectivity index (χ3n) is 8.60. The fraction of sp³-hybridized carbons (Fsp3) is 0.378. The van der Waals surface area contributed by atoms with Gasteiger partial charge in [0.05, 0.1) is 36.4 Å². The van der Waals surface area contributed by atoms with Gasteiger partial charge < -0.3 is 24.6 Å². The lowest BCUT2D eigenvalue weighted by Gasteiger charge is -2.35. The molecule has 5 rings (SSSR count). The van der Waals surface area contributed by atoms with Crippen molar-refractivity contribution in [2.75, 3.05) is 62.7 Å². The van der Waals surface area contributed by atoms with Crippen molar-refractivity contribution in [1.29, 1.82) is 0 Å². The Labute approximate surface area is 292 Å². The van der Waals surface area contributed by atoms with E-state index in [-0.39, 0.29) is 31.4 Å². The number of ether oxygens (including phenoxy) is 2. The first kappa shape index (κ1) is 35.7. The van der Waals surface area contributed by atoms with Crippen LogP contribution in [0, 0.1) is 0 Å². The van der Waals surface area contributed by atoms with Crippen molar-refractivity contribution in [3.63, 3.8) is 0 Å². The van der Waals surface area contributed by atoms with E-state index in [1.54, 1.807) is 62.4 Å². The number of thiocarbonyl (C=S) groups is 1. The monoisotopic (exact) mass is 685 g/mol. The van der Waals surface area contributed by atoms with Crippen LogP contribution in [0.25, 0.3) is 0 Å². The molecule has 0 radical (unpaired) electrons. The highest BCUT2D eigenvalue weighted by atomic mass is 32.1. The van der Waals surface area contributed by atoms with Gasteiger partial charge in [-0.05, 0) is 93.1 Å². The number of hydrogen-bond donors (Lipinski definition) is 1. The first-order valence-electron chi connectivity index (χ1n) is 16.7. The molecule has 2 saturated heterocycles. The summed E-state index contributed by atoms with van der Waals surface area (Å²) in [6.07, 6.45) is 0.642. The Morgan fingerprint density at radius 3 is 1.94 bits per heavy atom. The van der Waals surface area contributed by atoms with Gasteiger partial charge in [0.25, 0.3) is 5.91 Å². The highest BCUT2D eigenvalue weighted by Crippen LogP contribution is 2.28. The normalized spacial score (nSPS) is 16.9. The topological polar surface area (TPSA) is 112 Å². The van der Waals surface area contributed by atoms with Crippen molar-refractivity contribution in [3.8, 4) is 0 Å². The summed E-state index contributed by atoms with van der Waals surface area (Å²) < 4.78 is 10.1. The van der Waals surface area contributed by atoms with Gasteiger partial charge in [-0.2, -0.15) is 0 Å². The molecule has 1 unspecified atom stereocenters. The number of anilines is 2. The fourth-order valence-corrected chi connectivity index (χ4v) is 6.47. The van der Waals surface area contributed by atoms with Crippen molar-refractivity contribution in [2.24, 2.45) is 0 Å². The summed E-state index contributed by atoms with van der Waals surface area (Å²) in [6, 6.07) is 22.6. The zero-order valence-electron chi connectivity index (χ0n) is 28.0. The van der Waals surface area contributed by atoms with Gasteiger partial charge in [-0.15, -0.1) is 0 Å². The molecule has 3 aromatic rings. The molecule has 49 heavy (non-hydrogen) atoms. The molecule has 2 aliphatic heterocycles. The first-order chi connectivity index (χ1) is 23.8. The number of hydrogen-bond acceptors (Lipinski definition) is 9. The van der Waals surface area contributed by atoms with Crippen LogP contribution in [0.2, 0.25) is 0 Å². The molecule has 11 nitrogen and oxygen atoms in total. The van der Waals surface area contributed by atoms with Gasteiger partial charge in [-0.1, -0.05) is 30.3 Å². The Hall–Kier alpha value is -4.65. The maximum Gasteiger partial charge on any atom is 0.338 e. The second kappa shape index (κ2) is 17.1. The predicted molar refractivity (Wildman–Crippen MR) is 191 cm³/mol. The average Bonchev–Trinajstić information content (AvgIpc) is 3.33. The molecule has 0 aliphatic carbocycles. The van der Waals surface area contributed by atoms with Crippen LogP contribution < -0.4 is 10.2 Å². The summed E-state index contributed by atoms with van der Waals surface area (Å²) in [5.41, 5.74) is 3.07. The van der Waals surface area contributed by atoms with E-state index in [0.29, 0.717) is 34.2 Å². The average molecular weight is 686 g/mol. The molecule has 0 spiro atoms. The summed E-state index contributed by atoms with van der Waals surface area (Å²) in [6.45, 7) is 10.1. The zero-order valence-corrected chi connectivity index (χ0v) is 28.8. The van der Waals surface area contributed by atoms with E-state index in [4.69, 9.17) is 21.7 Å². The minimum absolute atomic E-state index is 0.117. The number of nitrogens with zero attached hydrogens (tertiary/aromatic N) is 4. The lowest BCUT2D eigenvalue weighted by Crippen LogP contribution is -2.47. The summed E-state index contributed by atoms with van der Waals surface area (Å²) in [5.74, 6) is -1.55. The van der Waals surface area contributed by atoms with Gasteiger partial charge in [0.1, 0.15) is 6.04 Å². The third-order valence-corrected chi connectivity index (χ3v) is 9.02. The molecule has 0 aromatic heterocycles. The van der Waals surface area contributed by atoms with Crippen LogP contribution in [0.5, 0.6) is 0 Å². The molecule has 2 heterocycles.